The lowest BCUT2D eigenvalue weighted by molar-refractivity contribution is -0.144. The number of hydrogen-bond acceptors (Lipinski definition) is 7. The van der Waals surface area contributed by atoms with Crippen LogP contribution in [-0.4, -0.2) is 75.0 Å². The van der Waals surface area contributed by atoms with Gasteiger partial charge in [-0.1, -0.05) is 24.3 Å². The molecule has 184 valence electrons. The number of benzene rings is 2. The Morgan fingerprint density at radius 1 is 1.15 bits per heavy atom. The van der Waals surface area contributed by atoms with Crippen LogP contribution in [0.4, 0.5) is 5.69 Å². The fourth-order valence-electron chi connectivity index (χ4n) is 4.41. The van der Waals surface area contributed by atoms with E-state index < -0.39 is 28.3 Å². The van der Waals surface area contributed by atoms with Gasteiger partial charge in [0.1, 0.15) is 5.75 Å². The van der Waals surface area contributed by atoms with Gasteiger partial charge in [-0.15, -0.1) is 0 Å². The monoisotopic (exact) mass is 490 g/mol. The molecule has 9 nitrogen and oxygen atoms in total. The molecule has 2 saturated heterocycles. The standard InChI is InChI=1S/C24H30N2O7S/c1-31-19-8-5-9-21(12-19)34(29,30)26-14-18(27)15-32-16-23-22(26)11-10-20(33-23)13-24(28)25-17-6-3-2-4-7-17/h2-9,12,18,20,22-23,27H,10-11,13-16H2,1H3,(H,25,28)/t18-,20+,22-,23+/m0/s1. The van der Waals surface area contributed by atoms with Crippen molar-refractivity contribution in [2.75, 3.05) is 32.2 Å². The molecule has 2 fully saturated rings. The van der Waals surface area contributed by atoms with Crippen LogP contribution in [-0.2, 0) is 24.3 Å². The first-order valence-corrected chi connectivity index (χ1v) is 12.7. The van der Waals surface area contributed by atoms with Gasteiger partial charge in [-0.3, -0.25) is 4.79 Å². The molecule has 2 N–H and O–H groups in total. The Bertz CT molecular complexity index is 1080. The van der Waals surface area contributed by atoms with Crippen LogP contribution in [0.1, 0.15) is 19.3 Å². The zero-order chi connectivity index (χ0) is 24.1. The highest BCUT2D eigenvalue weighted by atomic mass is 32.2. The van der Waals surface area contributed by atoms with Crippen molar-refractivity contribution in [1.29, 1.82) is 0 Å². The summed E-state index contributed by atoms with van der Waals surface area (Å²) in [6.07, 6.45) is -0.744. The normalized spacial score (nSPS) is 26.1. The van der Waals surface area contributed by atoms with Crippen LogP contribution in [0.25, 0.3) is 0 Å². The lowest BCUT2D eigenvalue weighted by Crippen LogP contribution is -2.57. The number of β-amino-alcohol motifs (C(OH)–C–C–N with tert-alkyl or cyclic N) is 1. The van der Waals surface area contributed by atoms with Crippen molar-refractivity contribution in [3.63, 3.8) is 0 Å². The van der Waals surface area contributed by atoms with E-state index in [0.717, 1.165) is 0 Å². The summed E-state index contributed by atoms with van der Waals surface area (Å²) < 4.78 is 45.4. The molecule has 0 aromatic heterocycles. The number of fused-ring (bicyclic) bond motifs is 1. The third-order valence-electron chi connectivity index (χ3n) is 6.05. The van der Waals surface area contributed by atoms with E-state index in [1.165, 1.54) is 23.5 Å². The van der Waals surface area contributed by atoms with E-state index >= 15 is 0 Å². The molecule has 0 radical (unpaired) electrons. The number of aliphatic hydroxyl groups is 1. The van der Waals surface area contributed by atoms with Gasteiger partial charge < -0.3 is 24.6 Å². The Morgan fingerprint density at radius 3 is 2.71 bits per heavy atom. The maximum atomic E-state index is 13.6. The highest BCUT2D eigenvalue weighted by Gasteiger charge is 2.43. The first-order valence-electron chi connectivity index (χ1n) is 11.3. The van der Waals surface area contributed by atoms with Gasteiger partial charge in [0.15, 0.2) is 0 Å². The number of sulfonamides is 1. The minimum atomic E-state index is -3.94. The molecule has 2 aromatic carbocycles. The van der Waals surface area contributed by atoms with E-state index in [2.05, 4.69) is 5.32 Å². The number of aliphatic hydroxyl groups excluding tert-OH is 1. The number of carbonyl (C=O) groups excluding carboxylic acids is 1. The Labute approximate surface area is 199 Å². The van der Waals surface area contributed by atoms with Crippen LogP contribution in [0.5, 0.6) is 5.75 Å². The van der Waals surface area contributed by atoms with Crippen molar-refractivity contribution in [2.24, 2.45) is 0 Å². The van der Waals surface area contributed by atoms with Gasteiger partial charge in [-0.25, -0.2) is 8.42 Å². The zero-order valence-corrected chi connectivity index (χ0v) is 19.8. The Hall–Kier alpha value is -2.50. The summed E-state index contributed by atoms with van der Waals surface area (Å²) in [5.74, 6) is 0.260. The fraction of sp³-hybridized carbons (Fsp3) is 0.458. The predicted molar refractivity (Wildman–Crippen MR) is 125 cm³/mol. The molecule has 2 aliphatic rings. The highest BCUT2D eigenvalue weighted by molar-refractivity contribution is 7.89. The van der Waals surface area contributed by atoms with Crippen LogP contribution < -0.4 is 10.1 Å². The van der Waals surface area contributed by atoms with Gasteiger partial charge >= 0.3 is 0 Å². The number of rotatable bonds is 6. The molecule has 0 bridgehead atoms. The number of amides is 1. The summed E-state index contributed by atoms with van der Waals surface area (Å²) in [5, 5.41) is 13.2. The molecule has 34 heavy (non-hydrogen) atoms. The topological polar surface area (TPSA) is 114 Å². The van der Waals surface area contributed by atoms with Crippen molar-refractivity contribution in [3.05, 3.63) is 54.6 Å². The Morgan fingerprint density at radius 2 is 1.94 bits per heavy atom. The van der Waals surface area contributed by atoms with E-state index in [0.29, 0.717) is 24.3 Å². The summed E-state index contributed by atoms with van der Waals surface area (Å²) in [6.45, 7) is 0.0156. The van der Waals surface area contributed by atoms with Crippen molar-refractivity contribution in [3.8, 4) is 5.75 Å². The molecule has 0 aliphatic carbocycles. The van der Waals surface area contributed by atoms with Gasteiger partial charge in [0.25, 0.3) is 0 Å². The van der Waals surface area contributed by atoms with Crippen molar-refractivity contribution < 1.29 is 32.5 Å². The SMILES string of the molecule is COc1cccc(S(=O)(=O)N2C[C@H](O)COC[C@H]3O[C@@H](CC(=O)Nc4ccccc4)CC[C@@H]32)c1. The fourth-order valence-corrected chi connectivity index (χ4v) is 6.16. The second-order valence-corrected chi connectivity index (χ2v) is 10.4. The zero-order valence-electron chi connectivity index (χ0n) is 19.0. The molecule has 2 aromatic rings. The second-order valence-electron chi connectivity index (χ2n) is 8.50. The van der Waals surface area contributed by atoms with Gasteiger partial charge in [-0.2, -0.15) is 4.31 Å². The number of carbonyl (C=O) groups is 1. The molecule has 0 unspecified atom stereocenters. The van der Waals surface area contributed by atoms with Crippen molar-refractivity contribution >= 4 is 21.6 Å². The van der Waals surface area contributed by atoms with Crippen LogP contribution in [0.2, 0.25) is 0 Å². The minimum Gasteiger partial charge on any atom is -0.497 e. The number of hydrogen-bond donors (Lipinski definition) is 2. The largest absolute Gasteiger partial charge is 0.497 e. The van der Waals surface area contributed by atoms with Crippen LogP contribution in [0.15, 0.2) is 59.5 Å². The third-order valence-corrected chi connectivity index (χ3v) is 7.94. The molecule has 0 saturated carbocycles. The molecule has 1 amide bonds. The van der Waals surface area contributed by atoms with Crippen LogP contribution in [0, 0.1) is 0 Å². The van der Waals surface area contributed by atoms with E-state index in [4.69, 9.17) is 14.2 Å². The van der Waals surface area contributed by atoms with E-state index in [-0.39, 0.29) is 43.1 Å². The third kappa shape index (κ3) is 5.76. The lowest BCUT2D eigenvalue weighted by atomic mass is 9.96. The number of ether oxygens (including phenoxy) is 3. The first kappa shape index (κ1) is 24.6. The number of para-hydroxylation sites is 1. The van der Waals surface area contributed by atoms with E-state index in [9.17, 15) is 18.3 Å². The van der Waals surface area contributed by atoms with Gasteiger partial charge in [0.05, 0.1) is 56.0 Å². The summed E-state index contributed by atoms with van der Waals surface area (Å²) in [6, 6.07) is 14.9. The average Bonchev–Trinajstić information content (AvgIpc) is 2.82. The molecule has 10 heteroatoms. The molecule has 0 spiro atoms. The Balaban J connectivity index is 1.50. The van der Waals surface area contributed by atoms with Gasteiger partial charge in [0, 0.05) is 18.3 Å². The van der Waals surface area contributed by atoms with Crippen molar-refractivity contribution in [2.45, 2.75) is 48.5 Å². The average molecular weight is 491 g/mol. The molecular weight excluding hydrogens is 460 g/mol. The number of nitrogens with one attached hydrogen (secondary N) is 1. The van der Waals surface area contributed by atoms with E-state index in [1.54, 1.807) is 12.1 Å². The number of anilines is 1. The van der Waals surface area contributed by atoms with Gasteiger partial charge in [-0.05, 0) is 37.1 Å². The van der Waals surface area contributed by atoms with E-state index in [1.807, 2.05) is 30.3 Å². The molecule has 2 heterocycles. The Kier molecular flexibility index (Phi) is 7.84. The molecule has 2 aliphatic heterocycles. The number of nitrogens with zero attached hydrogens (tertiary/aromatic N) is 1. The molecular formula is C24H30N2O7S. The second kappa shape index (κ2) is 10.8. The maximum absolute atomic E-state index is 13.6. The predicted octanol–water partition coefficient (Wildman–Crippen LogP) is 2.02. The summed E-state index contributed by atoms with van der Waals surface area (Å²) in [7, 11) is -2.47. The maximum Gasteiger partial charge on any atom is 0.243 e. The molecule has 4 atom stereocenters. The lowest BCUT2D eigenvalue weighted by Gasteiger charge is -2.43. The smallest absolute Gasteiger partial charge is 0.243 e. The molecule has 4 rings (SSSR count). The quantitative estimate of drug-likeness (QED) is 0.637. The summed E-state index contributed by atoms with van der Waals surface area (Å²) >= 11 is 0. The summed E-state index contributed by atoms with van der Waals surface area (Å²) in [4.78, 5) is 12.6. The highest BCUT2D eigenvalue weighted by Crippen LogP contribution is 2.32. The number of methoxy groups -OCH3 is 1. The van der Waals surface area contributed by atoms with Crippen LogP contribution >= 0.6 is 0 Å². The van der Waals surface area contributed by atoms with Gasteiger partial charge in [0.2, 0.25) is 15.9 Å². The first-order chi connectivity index (χ1) is 16.4. The summed E-state index contributed by atoms with van der Waals surface area (Å²) in [5.41, 5.74) is 0.708. The van der Waals surface area contributed by atoms with Crippen LogP contribution in [0.3, 0.4) is 0 Å². The van der Waals surface area contributed by atoms with Crippen molar-refractivity contribution in [1.82, 2.24) is 4.31 Å². The minimum absolute atomic E-state index is 0.00410.